The Morgan fingerprint density at radius 2 is 1.73 bits per heavy atom. The summed E-state index contributed by atoms with van der Waals surface area (Å²) in [6, 6.07) is 0.884. The zero-order chi connectivity index (χ0) is 20.0. The van der Waals surface area contributed by atoms with Gasteiger partial charge in [-0.2, -0.15) is 0 Å². The Morgan fingerprint density at radius 1 is 1.15 bits per heavy atom. The summed E-state index contributed by atoms with van der Waals surface area (Å²) in [6.07, 6.45) is 6.36. The van der Waals surface area contributed by atoms with Gasteiger partial charge in [0.25, 0.3) is 0 Å². The smallest absolute Gasteiger partial charge is 0.407 e. The van der Waals surface area contributed by atoms with Gasteiger partial charge in [0.2, 0.25) is 0 Å². The maximum atomic E-state index is 11.8. The lowest BCUT2D eigenvalue weighted by molar-refractivity contribution is 0.0871. The number of hydrogen-bond donors (Lipinski definition) is 2. The molecule has 1 amide bonds. The second kappa shape index (κ2) is 10.2. The molecule has 0 radical (unpaired) electrons. The van der Waals surface area contributed by atoms with Crippen molar-refractivity contribution in [2.75, 3.05) is 13.1 Å². The van der Waals surface area contributed by atoms with Gasteiger partial charge in [0.1, 0.15) is 0 Å². The Kier molecular flexibility index (Phi) is 9.32. The fourth-order valence-corrected chi connectivity index (χ4v) is 5.72. The van der Waals surface area contributed by atoms with Crippen LogP contribution in [-0.2, 0) is 4.43 Å². The molecular formula is C19H42N2O3Si2. The molecule has 2 atom stereocenters. The average Bonchev–Trinajstić information content (AvgIpc) is 2.48. The number of amides is 1. The van der Waals surface area contributed by atoms with Gasteiger partial charge in [-0.1, -0.05) is 51.7 Å². The zero-order valence-corrected chi connectivity index (χ0v) is 19.9. The number of nitrogens with two attached hydrogens (primary N) is 1. The highest BCUT2D eigenvalue weighted by molar-refractivity contribution is 6.76. The van der Waals surface area contributed by atoms with Gasteiger partial charge in [-0.25, -0.2) is 4.79 Å². The predicted molar refractivity (Wildman–Crippen MR) is 115 cm³/mol. The molecule has 0 bridgehead atoms. The quantitative estimate of drug-likeness (QED) is 0.513. The van der Waals surface area contributed by atoms with E-state index in [0.717, 1.165) is 12.5 Å². The van der Waals surface area contributed by atoms with Gasteiger partial charge in [-0.3, -0.25) is 0 Å². The zero-order valence-electron chi connectivity index (χ0n) is 17.9. The van der Waals surface area contributed by atoms with Crippen molar-refractivity contribution in [1.29, 1.82) is 0 Å². The minimum atomic E-state index is -1.80. The summed E-state index contributed by atoms with van der Waals surface area (Å²) in [5, 5.41) is 9.68. The lowest BCUT2D eigenvalue weighted by Gasteiger charge is -2.36. The van der Waals surface area contributed by atoms with Gasteiger partial charge in [0.15, 0.2) is 8.32 Å². The second-order valence-electron chi connectivity index (χ2n) is 10.2. The molecular weight excluding hydrogens is 360 g/mol. The molecule has 0 aromatic rings. The molecule has 0 aliphatic heterocycles. The Morgan fingerprint density at radius 3 is 2.19 bits per heavy atom. The minimum Gasteiger partial charge on any atom is -0.465 e. The van der Waals surface area contributed by atoms with E-state index >= 15 is 0 Å². The maximum absolute atomic E-state index is 11.8. The summed E-state index contributed by atoms with van der Waals surface area (Å²) in [5.74, 6) is 0.673. The van der Waals surface area contributed by atoms with Crippen LogP contribution in [0.25, 0.3) is 0 Å². The molecule has 0 unspecified atom stereocenters. The molecule has 3 N–H and O–H groups in total. The van der Waals surface area contributed by atoms with Crippen molar-refractivity contribution in [3.63, 3.8) is 0 Å². The van der Waals surface area contributed by atoms with Crippen LogP contribution in [0.1, 0.15) is 38.5 Å². The maximum Gasteiger partial charge on any atom is 0.407 e. The van der Waals surface area contributed by atoms with Crippen molar-refractivity contribution in [1.82, 2.24) is 4.90 Å². The highest BCUT2D eigenvalue weighted by Crippen LogP contribution is 2.28. The van der Waals surface area contributed by atoms with Gasteiger partial charge in [-0.05, 0) is 38.0 Å². The highest BCUT2D eigenvalue weighted by Gasteiger charge is 2.31. The molecule has 0 heterocycles. The third-order valence-electron chi connectivity index (χ3n) is 5.12. The predicted octanol–water partition coefficient (Wildman–Crippen LogP) is 4.82. The Balaban J connectivity index is 2.76. The van der Waals surface area contributed by atoms with Gasteiger partial charge in [0, 0.05) is 20.7 Å². The first-order valence-electron chi connectivity index (χ1n) is 10.3. The van der Waals surface area contributed by atoms with Crippen molar-refractivity contribution in [3.8, 4) is 0 Å². The molecule has 1 aliphatic rings. The Labute approximate surface area is 162 Å². The lowest BCUT2D eigenvalue weighted by atomic mass is 9.84. The molecule has 0 saturated heterocycles. The van der Waals surface area contributed by atoms with Crippen molar-refractivity contribution in [2.45, 2.75) is 96.0 Å². The third-order valence-corrected chi connectivity index (χ3v) is 7.85. The van der Waals surface area contributed by atoms with Crippen LogP contribution in [0.4, 0.5) is 4.79 Å². The molecule has 7 heteroatoms. The van der Waals surface area contributed by atoms with Crippen LogP contribution < -0.4 is 5.73 Å². The molecule has 1 fully saturated rings. The molecule has 154 valence electrons. The summed E-state index contributed by atoms with van der Waals surface area (Å²) in [4.78, 5) is 13.3. The van der Waals surface area contributed by atoms with Crippen LogP contribution >= 0.6 is 0 Å². The first-order valence-corrected chi connectivity index (χ1v) is 17.4. The fourth-order valence-electron chi connectivity index (χ4n) is 3.63. The van der Waals surface area contributed by atoms with Crippen LogP contribution in [-0.4, -0.2) is 57.7 Å². The van der Waals surface area contributed by atoms with E-state index in [-0.39, 0.29) is 12.1 Å². The van der Waals surface area contributed by atoms with Crippen LogP contribution in [0.15, 0.2) is 0 Å². The van der Waals surface area contributed by atoms with Crippen molar-refractivity contribution < 1.29 is 14.3 Å². The van der Waals surface area contributed by atoms with E-state index in [4.69, 9.17) is 10.2 Å². The van der Waals surface area contributed by atoms with E-state index in [1.165, 1.54) is 32.1 Å². The molecule has 5 nitrogen and oxygen atoms in total. The molecule has 26 heavy (non-hydrogen) atoms. The van der Waals surface area contributed by atoms with Crippen LogP contribution in [0.2, 0.25) is 45.3 Å². The topological polar surface area (TPSA) is 75.8 Å². The average molecular weight is 403 g/mol. The first kappa shape index (κ1) is 23.7. The molecule has 0 aromatic heterocycles. The molecule has 1 saturated carbocycles. The number of carbonyl (C=O) groups is 1. The highest BCUT2D eigenvalue weighted by atomic mass is 28.4. The number of carboxylic acid groups (broad SMARTS) is 1. The Bertz CT molecular complexity index is 429. The lowest BCUT2D eigenvalue weighted by Crippen LogP contribution is -2.51. The van der Waals surface area contributed by atoms with E-state index in [1.54, 1.807) is 4.90 Å². The fraction of sp³-hybridized carbons (Fsp3) is 0.947. The monoisotopic (exact) mass is 402 g/mol. The molecule has 0 aromatic carbocycles. The van der Waals surface area contributed by atoms with Crippen molar-refractivity contribution >= 4 is 22.5 Å². The summed E-state index contributed by atoms with van der Waals surface area (Å²) >= 11 is 0. The summed E-state index contributed by atoms with van der Waals surface area (Å²) in [7, 11) is -3.10. The normalized spacial score (nSPS) is 19.2. The van der Waals surface area contributed by atoms with Crippen molar-refractivity contribution in [3.05, 3.63) is 0 Å². The molecule has 0 spiro atoms. The second-order valence-corrected chi connectivity index (χ2v) is 20.3. The number of rotatable bonds is 10. The van der Waals surface area contributed by atoms with Gasteiger partial charge in [0.05, 0.1) is 12.6 Å². The summed E-state index contributed by atoms with van der Waals surface area (Å²) in [6.45, 7) is 14.3. The van der Waals surface area contributed by atoms with Crippen LogP contribution in [0.5, 0.6) is 0 Å². The van der Waals surface area contributed by atoms with Gasteiger partial charge < -0.3 is 20.2 Å². The minimum absolute atomic E-state index is 0.0847. The third kappa shape index (κ3) is 10.1. The molecule has 1 aliphatic carbocycles. The molecule has 1 rings (SSSR count). The summed E-state index contributed by atoms with van der Waals surface area (Å²) in [5.41, 5.74) is 6.57. The van der Waals surface area contributed by atoms with Crippen molar-refractivity contribution in [2.24, 2.45) is 11.7 Å². The SMILES string of the molecule is C[Si](C)(C)CCN(C[C@H](O[Si](C)(C)C)[C@@H](N)CC1CCCCC1)C(=O)O. The van der Waals surface area contributed by atoms with Crippen LogP contribution in [0.3, 0.4) is 0 Å². The Hall–Kier alpha value is -0.376. The van der Waals surface area contributed by atoms with Crippen LogP contribution in [0, 0.1) is 5.92 Å². The number of hydrogen-bond acceptors (Lipinski definition) is 3. The van der Waals surface area contributed by atoms with E-state index in [9.17, 15) is 9.90 Å². The summed E-state index contributed by atoms with van der Waals surface area (Å²) < 4.78 is 6.37. The largest absolute Gasteiger partial charge is 0.465 e. The van der Waals surface area contributed by atoms with E-state index in [2.05, 4.69) is 39.3 Å². The van der Waals surface area contributed by atoms with E-state index in [1.807, 2.05) is 0 Å². The van der Waals surface area contributed by atoms with E-state index in [0.29, 0.717) is 19.0 Å². The number of nitrogens with zero attached hydrogens (tertiary/aromatic N) is 1. The first-order chi connectivity index (χ1) is 11.9. The standard InChI is InChI=1S/C19H42N2O3Si2/c1-25(2,3)13-12-21(19(22)23)15-18(24-26(4,5)6)17(20)14-16-10-8-7-9-11-16/h16-18H,7-15,20H2,1-6H3,(H,22,23)/t17-,18-/m0/s1. The van der Waals surface area contributed by atoms with Gasteiger partial charge in [-0.15, -0.1) is 0 Å². The van der Waals surface area contributed by atoms with E-state index < -0.39 is 22.5 Å². The van der Waals surface area contributed by atoms with Gasteiger partial charge >= 0.3 is 6.09 Å².